The van der Waals surface area contributed by atoms with Crippen molar-refractivity contribution in [3.63, 3.8) is 0 Å². The van der Waals surface area contributed by atoms with Crippen LogP contribution >= 0.6 is 0 Å². The Hall–Kier alpha value is -1.64. The lowest BCUT2D eigenvalue weighted by atomic mass is 10.1. The summed E-state index contributed by atoms with van der Waals surface area (Å²) in [7, 11) is -3.67. The van der Waals surface area contributed by atoms with Crippen molar-refractivity contribution >= 4 is 16.1 Å². The first-order chi connectivity index (χ1) is 12.3. The van der Waals surface area contributed by atoms with Crippen LogP contribution in [0.5, 0.6) is 0 Å². The first-order valence-corrected chi connectivity index (χ1v) is 10.5. The largest absolute Gasteiger partial charge is 0.378 e. The molecule has 0 unspecified atom stereocenters. The van der Waals surface area contributed by atoms with Crippen LogP contribution in [0.3, 0.4) is 0 Å². The summed E-state index contributed by atoms with van der Waals surface area (Å²) in [5, 5.41) is 0. The lowest BCUT2D eigenvalue weighted by Crippen LogP contribution is -2.55. The molecule has 0 saturated carbocycles. The van der Waals surface area contributed by atoms with E-state index in [1.54, 1.807) is 40.1 Å². The van der Waals surface area contributed by atoms with Crippen LogP contribution in [0.2, 0.25) is 0 Å². The first kappa shape index (κ1) is 19.1. The Kier molecular flexibility index (Phi) is 5.55. The highest BCUT2D eigenvalue weighted by Crippen LogP contribution is 2.32. The second kappa shape index (κ2) is 7.54. The second-order valence-corrected chi connectivity index (χ2v) is 9.07. The predicted molar refractivity (Wildman–Crippen MR) is 98.0 cm³/mol. The maximum atomic E-state index is 13.2. The van der Waals surface area contributed by atoms with E-state index in [9.17, 15) is 13.2 Å². The van der Waals surface area contributed by atoms with Crippen LogP contribution in [-0.4, -0.2) is 73.6 Å². The van der Waals surface area contributed by atoms with Crippen molar-refractivity contribution in [3.05, 3.63) is 30.3 Å². The third-order valence-corrected chi connectivity index (χ3v) is 6.80. The number of carbonyl (C=O) groups excluding carboxylic acids is 1. The monoisotopic (exact) mass is 381 g/mol. The average Bonchev–Trinajstić information content (AvgIpc) is 3.01. The van der Waals surface area contributed by atoms with E-state index >= 15 is 0 Å². The summed E-state index contributed by atoms with van der Waals surface area (Å²) in [5.74, 6) is -0.0246. The molecule has 1 aromatic carbocycles. The van der Waals surface area contributed by atoms with Gasteiger partial charge in [-0.05, 0) is 25.0 Å². The van der Waals surface area contributed by atoms with E-state index in [1.807, 2.05) is 20.8 Å². The van der Waals surface area contributed by atoms with Crippen LogP contribution in [0.15, 0.2) is 35.2 Å². The maximum Gasteiger partial charge on any atom is 0.321 e. The van der Waals surface area contributed by atoms with Crippen molar-refractivity contribution in [2.45, 2.75) is 37.9 Å². The Bertz CT molecular complexity index is 732. The standard InChI is InChI=1S/C18H27N3O4S/c1-14(2)17-20(26(23,24)16-7-5-4-6-8-16)13-15(3)21(17)18(22)19-9-11-25-12-10-19/h4-8,14-15,17H,9-13H2,1-3H3/t15-,17-/m1/s1. The molecule has 0 aliphatic carbocycles. The number of rotatable bonds is 3. The molecule has 0 spiro atoms. The summed E-state index contributed by atoms with van der Waals surface area (Å²) in [6.45, 7) is 8.24. The number of hydrogen-bond donors (Lipinski definition) is 0. The van der Waals surface area contributed by atoms with E-state index in [-0.39, 0.29) is 22.9 Å². The van der Waals surface area contributed by atoms with Gasteiger partial charge in [-0.2, -0.15) is 4.31 Å². The van der Waals surface area contributed by atoms with Crippen LogP contribution in [0, 0.1) is 5.92 Å². The van der Waals surface area contributed by atoms with Crippen LogP contribution < -0.4 is 0 Å². The van der Waals surface area contributed by atoms with Gasteiger partial charge in [-0.25, -0.2) is 13.2 Å². The molecule has 0 bridgehead atoms. The highest BCUT2D eigenvalue weighted by molar-refractivity contribution is 7.89. The van der Waals surface area contributed by atoms with Gasteiger partial charge in [0.1, 0.15) is 6.17 Å². The Morgan fingerprint density at radius 3 is 2.35 bits per heavy atom. The van der Waals surface area contributed by atoms with Gasteiger partial charge >= 0.3 is 6.03 Å². The number of carbonyl (C=O) groups is 1. The summed E-state index contributed by atoms with van der Waals surface area (Å²) in [6, 6.07) is 8.13. The SMILES string of the molecule is CC(C)[C@H]1N(C(=O)N2CCOCC2)[C@H](C)CN1S(=O)(=O)c1ccccc1. The average molecular weight is 381 g/mol. The van der Waals surface area contributed by atoms with Crippen molar-refractivity contribution in [2.75, 3.05) is 32.8 Å². The third-order valence-electron chi connectivity index (χ3n) is 4.95. The summed E-state index contributed by atoms with van der Waals surface area (Å²) in [5.41, 5.74) is 0. The maximum absolute atomic E-state index is 13.2. The number of nitrogens with zero attached hydrogens (tertiary/aromatic N) is 3. The van der Waals surface area contributed by atoms with Crippen LogP contribution in [-0.2, 0) is 14.8 Å². The molecule has 1 aromatic rings. The molecule has 8 heteroatoms. The van der Waals surface area contributed by atoms with Crippen molar-refractivity contribution in [3.8, 4) is 0 Å². The molecule has 2 heterocycles. The molecule has 0 N–H and O–H groups in total. The van der Waals surface area contributed by atoms with Gasteiger partial charge in [0, 0.05) is 25.7 Å². The molecule has 0 aromatic heterocycles. The molecule has 0 radical (unpaired) electrons. The lowest BCUT2D eigenvalue weighted by Gasteiger charge is -2.38. The molecule has 2 aliphatic heterocycles. The predicted octanol–water partition coefficient (Wildman–Crippen LogP) is 1.82. The van der Waals surface area contributed by atoms with E-state index in [0.717, 1.165) is 0 Å². The molecular formula is C18H27N3O4S. The first-order valence-electron chi connectivity index (χ1n) is 9.06. The van der Waals surface area contributed by atoms with Crippen LogP contribution in [0.4, 0.5) is 4.79 Å². The molecule has 2 amide bonds. The van der Waals surface area contributed by atoms with Crippen molar-refractivity contribution in [1.29, 1.82) is 0 Å². The molecule has 2 atom stereocenters. The normalized spacial score (nSPS) is 25.1. The van der Waals surface area contributed by atoms with Gasteiger partial charge in [0.2, 0.25) is 10.0 Å². The zero-order valence-electron chi connectivity index (χ0n) is 15.5. The fourth-order valence-corrected chi connectivity index (χ4v) is 5.51. The van der Waals surface area contributed by atoms with Gasteiger partial charge in [0.25, 0.3) is 0 Å². The molecule has 2 fully saturated rings. The van der Waals surface area contributed by atoms with Gasteiger partial charge < -0.3 is 14.5 Å². The highest BCUT2D eigenvalue weighted by atomic mass is 32.2. The Balaban J connectivity index is 1.92. The minimum absolute atomic E-state index is 0.0246. The van der Waals surface area contributed by atoms with Crippen molar-refractivity contribution in [2.24, 2.45) is 5.92 Å². The number of ether oxygens (including phenoxy) is 1. The number of benzene rings is 1. The van der Waals surface area contributed by atoms with Crippen LogP contribution in [0.1, 0.15) is 20.8 Å². The highest BCUT2D eigenvalue weighted by Gasteiger charge is 2.48. The van der Waals surface area contributed by atoms with Gasteiger partial charge in [-0.3, -0.25) is 0 Å². The second-order valence-electron chi connectivity index (χ2n) is 7.18. The van der Waals surface area contributed by atoms with Gasteiger partial charge in [-0.15, -0.1) is 0 Å². The lowest BCUT2D eigenvalue weighted by molar-refractivity contribution is 0.0334. The zero-order chi connectivity index (χ0) is 18.9. The number of morpholine rings is 1. The minimum Gasteiger partial charge on any atom is -0.378 e. The van der Waals surface area contributed by atoms with E-state index in [1.165, 1.54) is 4.31 Å². The summed E-state index contributed by atoms with van der Waals surface area (Å²) >= 11 is 0. The Morgan fingerprint density at radius 2 is 1.77 bits per heavy atom. The summed E-state index contributed by atoms with van der Waals surface area (Å²) in [4.78, 5) is 16.9. The molecule has 3 rings (SSSR count). The quantitative estimate of drug-likeness (QED) is 0.801. The number of sulfonamides is 1. The van der Waals surface area contributed by atoms with Gasteiger partial charge in [0.15, 0.2) is 0 Å². The molecule has 2 aliphatic rings. The molecule has 26 heavy (non-hydrogen) atoms. The van der Waals surface area contributed by atoms with E-state index in [2.05, 4.69) is 0 Å². The molecule has 2 saturated heterocycles. The molecular weight excluding hydrogens is 354 g/mol. The smallest absolute Gasteiger partial charge is 0.321 e. The summed E-state index contributed by atoms with van der Waals surface area (Å²) < 4.78 is 33.2. The minimum atomic E-state index is -3.67. The van der Waals surface area contributed by atoms with Crippen LogP contribution in [0.25, 0.3) is 0 Å². The van der Waals surface area contributed by atoms with Gasteiger partial charge in [-0.1, -0.05) is 32.0 Å². The fourth-order valence-electron chi connectivity index (χ4n) is 3.70. The van der Waals surface area contributed by atoms with Gasteiger partial charge in [0.05, 0.1) is 18.1 Å². The summed E-state index contributed by atoms with van der Waals surface area (Å²) in [6.07, 6.45) is -0.495. The van der Waals surface area contributed by atoms with Crippen molar-refractivity contribution in [1.82, 2.24) is 14.1 Å². The number of hydrogen-bond acceptors (Lipinski definition) is 4. The fraction of sp³-hybridized carbons (Fsp3) is 0.611. The third kappa shape index (κ3) is 3.45. The number of urea groups is 1. The molecule has 144 valence electrons. The topological polar surface area (TPSA) is 70.2 Å². The number of amides is 2. The van der Waals surface area contributed by atoms with Crippen molar-refractivity contribution < 1.29 is 17.9 Å². The zero-order valence-corrected chi connectivity index (χ0v) is 16.4. The van der Waals surface area contributed by atoms with E-state index in [4.69, 9.17) is 4.74 Å². The van der Waals surface area contributed by atoms with E-state index in [0.29, 0.717) is 32.8 Å². The Morgan fingerprint density at radius 1 is 1.15 bits per heavy atom. The van der Waals surface area contributed by atoms with E-state index < -0.39 is 16.2 Å². The molecule has 7 nitrogen and oxygen atoms in total. The Labute approximate surface area is 155 Å².